The van der Waals surface area contributed by atoms with Crippen LogP contribution in [0.5, 0.6) is 0 Å². The van der Waals surface area contributed by atoms with Crippen LogP contribution in [0.2, 0.25) is 0 Å². The molecule has 1 aromatic carbocycles. The Balaban J connectivity index is 2.38. The molecule has 2 rings (SSSR count). The summed E-state index contributed by atoms with van der Waals surface area (Å²) < 4.78 is 0. The van der Waals surface area contributed by atoms with Gasteiger partial charge >= 0.3 is 0 Å². The van der Waals surface area contributed by atoms with Crippen LogP contribution in [-0.2, 0) is 0 Å². The fourth-order valence-electron chi connectivity index (χ4n) is 1.35. The van der Waals surface area contributed by atoms with Crippen molar-refractivity contribution in [1.82, 2.24) is 0 Å². The van der Waals surface area contributed by atoms with E-state index in [2.05, 4.69) is 16.9 Å². The molecule has 0 unspecified atom stereocenters. The van der Waals surface area contributed by atoms with Gasteiger partial charge in [-0.2, -0.15) is 0 Å². The molecule has 0 spiro atoms. The van der Waals surface area contributed by atoms with Gasteiger partial charge in [-0.15, -0.1) is 0 Å². The topological polar surface area (TPSA) is 38.4 Å². The molecule has 1 heterocycles. The highest BCUT2D eigenvalue weighted by molar-refractivity contribution is 5.99. The molecule has 0 atom stereocenters. The average molecular weight is 158 g/mol. The van der Waals surface area contributed by atoms with Crippen molar-refractivity contribution in [2.75, 3.05) is 6.54 Å². The molecule has 0 saturated heterocycles. The summed E-state index contributed by atoms with van der Waals surface area (Å²) in [5, 5.41) is 0. The van der Waals surface area contributed by atoms with Gasteiger partial charge in [0.25, 0.3) is 0 Å². The van der Waals surface area contributed by atoms with Gasteiger partial charge in [0, 0.05) is 11.1 Å². The first-order valence-electron chi connectivity index (χ1n) is 4.04. The lowest BCUT2D eigenvalue weighted by molar-refractivity contribution is 1.03. The van der Waals surface area contributed by atoms with Gasteiger partial charge in [-0.25, -0.2) is 4.99 Å². The van der Waals surface area contributed by atoms with Crippen molar-refractivity contribution in [1.29, 1.82) is 0 Å². The fourth-order valence-corrected chi connectivity index (χ4v) is 1.35. The van der Waals surface area contributed by atoms with E-state index in [4.69, 9.17) is 5.73 Å². The van der Waals surface area contributed by atoms with Crippen molar-refractivity contribution < 1.29 is 0 Å². The first-order chi connectivity index (χ1) is 5.92. The monoisotopic (exact) mass is 158 g/mol. The molecule has 2 nitrogen and oxygen atoms in total. The molecule has 2 heteroatoms. The van der Waals surface area contributed by atoms with Crippen molar-refractivity contribution in [3.05, 3.63) is 29.8 Å². The Kier molecular flexibility index (Phi) is 1.78. The Morgan fingerprint density at radius 3 is 3.00 bits per heavy atom. The van der Waals surface area contributed by atoms with E-state index in [0.717, 1.165) is 17.7 Å². The number of hydrogen-bond acceptors (Lipinski definition) is 2. The molecule has 0 fully saturated rings. The largest absolute Gasteiger partial charge is 0.330 e. The van der Waals surface area contributed by atoms with Gasteiger partial charge in [0.2, 0.25) is 0 Å². The summed E-state index contributed by atoms with van der Waals surface area (Å²) in [5.74, 6) is 2.98. The minimum atomic E-state index is 0.659. The second-order valence-electron chi connectivity index (χ2n) is 2.76. The highest BCUT2D eigenvalue weighted by atomic mass is 14.7. The Morgan fingerprint density at radius 2 is 2.17 bits per heavy atom. The van der Waals surface area contributed by atoms with E-state index in [9.17, 15) is 0 Å². The molecule has 1 aromatic rings. The van der Waals surface area contributed by atoms with Crippen molar-refractivity contribution in [3.8, 4) is 0 Å². The zero-order valence-corrected chi connectivity index (χ0v) is 6.75. The minimum absolute atomic E-state index is 0.659. The average Bonchev–Trinajstić information content (AvgIpc) is 2.50. The van der Waals surface area contributed by atoms with Gasteiger partial charge < -0.3 is 5.73 Å². The van der Waals surface area contributed by atoms with Gasteiger partial charge in [0.05, 0.1) is 5.69 Å². The summed E-state index contributed by atoms with van der Waals surface area (Å²) in [6.07, 6.45) is 0.862. The Hall–Kier alpha value is -1.37. The summed E-state index contributed by atoms with van der Waals surface area (Å²) >= 11 is 0. The van der Waals surface area contributed by atoms with Crippen LogP contribution in [-0.4, -0.2) is 12.4 Å². The van der Waals surface area contributed by atoms with Gasteiger partial charge in [-0.3, -0.25) is 0 Å². The number of nitrogens with zero attached hydrogens (tertiary/aromatic N) is 1. The SMILES string of the molecule is NCCC1=C=Nc2ccccc21. The molecule has 0 amide bonds. The Labute approximate surface area is 71.4 Å². The standard InChI is InChI=1S/C10H10N2/c11-6-5-8-7-12-10-4-2-1-3-9(8)10/h1-4H,5-6,11H2. The molecule has 0 saturated carbocycles. The van der Waals surface area contributed by atoms with Crippen LogP contribution in [0.25, 0.3) is 5.57 Å². The van der Waals surface area contributed by atoms with Crippen LogP contribution >= 0.6 is 0 Å². The molecule has 0 aliphatic carbocycles. The number of para-hydroxylation sites is 1. The third-order valence-corrected chi connectivity index (χ3v) is 1.93. The maximum Gasteiger partial charge on any atom is 0.0811 e. The highest BCUT2D eigenvalue weighted by Crippen LogP contribution is 2.29. The van der Waals surface area contributed by atoms with Crippen LogP contribution in [0.4, 0.5) is 5.69 Å². The number of rotatable bonds is 2. The van der Waals surface area contributed by atoms with Crippen LogP contribution in [0.3, 0.4) is 0 Å². The smallest absolute Gasteiger partial charge is 0.0811 e. The zero-order valence-electron chi connectivity index (χ0n) is 6.75. The quantitative estimate of drug-likeness (QED) is 0.699. The number of benzene rings is 1. The lowest BCUT2D eigenvalue weighted by Crippen LogP contribution is -1.99. The first-order valence-corrected chi connectivity index (χ1v) is 4.04. The minimum Gasteiger partial charge on any atom is -0.330 e. The lowest BCUT2D eigenvalue weighted by atomic mass is 10.0. The predicted molar refractivity (Wildman–Crippen MR) is 50.6 cm³/mol. The summed E-state index contributed by atoms with van der Waals surface area (Å²) in [5.41, 5.74) is 8.79. The van der Waals surface area contributed by atoms with E-state index in [1.54, 1.807) is 0 Å². The Morgan fingerprint density at radius 1 is 1.33 bits per heavy atom. The fraction of sp³-hybridized carbons (Fsp3) is 0.200. The van der Waals surface area contributed by atoms with Gasteiger partial charge in [0.15, 0.2) is 0 Å². The van der Waals surface area contributed by atoms with E-state index in [1.165, 1.54) is 5.56 Å². The summed E-state index contributed by atoms with van der Waals surface area (Å²) in [4.78, 5) is 4.16. The van der Waals surface area contributed by atoms with E-state index < -0.39 is 0 Å². The first kappa shape index (κ1) is 7.29. The number of nitrogens with two attached hydrogens (primary N) is 1. The molecular formula is C10H10N2. The van der Waals surface area contributed by atoms with E-state index in [0.29, 0.717) is 6.54 Å². The maximum absolute atomic E-state index is 5.46. The molecule has 1 aliphatic heterocycles. The second kappa shape index (κ2) is 2.94. The van der Waals surface area contributed by atoms with Crippen molar-refractivity contribution >= 4 is 17.1 Å². The molecule has 2 N–H and O–H groups in total. The zero-order chi connectivity index (χ0) is 8.39. The van der Waals surface area contributed by atoms with Crippen molar-refractivity contribution in [2.45, 2.75) is 6.42 Å². The summed E-state index contributed by atoms with van der Waals surface area (Å²) in [7, 11) is 0. The molecule has 0 aromatic heterocycles. The molecule has 12 heavy (non-hydrogen) atoms. The molecule has 0 radical (unpaired) electrons. The van der Waals surface area contributed by atoms with Crippen molar-refractivity contribution in [3.63, 3.8) is 0 Å². The third kappa shape index (κ3) is 1.07. The van der Waals surface area contributed by atoms with E-state index in [-0.39, 0.29) is 0 Å². The van der Waals surface area contributed by atoms with Crippen LogP contribution in [0.15, 0.2) is 29.3 Å². The normalized spacial score (nSPS) is 12.9. The van der Waals surface area contributed by atoms with Crippen molar-refractivity contribution in [2.24, 2.45) is 10.7 Å². The second-order valence-corrected chi connectivity index (χ2v) is 2.76. The van der Waals surface area contributed by atoms with Gasteiger partial charge in [-0.1, -0.05) is 18.2 Å². The van der Waals surface area contributed by atoms with Crippen LogP contribution in [0, 0.1) is 0 Å². The summed E-state index contributed by atoms with van der Waals surface area (Å²) in [6.45, 7) is 0.659. The molecule has 60 valence electrons. The number of fused-ring (bicyclic) bond motifs is 1. The molecule has 0 bridgehead atoms. The number of hydrogen-bond donors (Lipinski definition) is 1. The van der Waals surface area contributed by atoms with E-state index >= 15 is 0 Å². The molecular weight excluding hydrogens is 148 g/mol. The van der Waals surface area contributed by atoms with Crippen LogP contribution in [0.1, 0.15) is 12.0 Å². The van der Waals surface area contributed by atoms with Gasteiger partial charge in [-0.05, 0) is 24.9 Å². The van der Waals surface area contributed by atoms with E-state index in [1.807, 2.05) is 18.2 Å². The third-order valence-electron chi connectivity index (χ3n) is 1.93. The number of aliphatic imine (C=N–C) groups is 1. The highest BCUT2D eigenvalue weighted by Gasteiger charge is 2.09. The van der Waals surface area contributed by atoms with Gasteiger partial charge in [0.1, 0.15) is 0 Å². The Bertz CT molecular complexity index is 360. The lowest BCUT2D eigenvalue weighted by Gasteiger charge is -1.99. The molecule has 1 aliphatic rings. The maximum atomic E-state index is 5.46. The summed E-state index contributed by atoms with van der Waals surface area (Å²) in [6, 6.07) is 8.04. The van der Waals surface area contributed by atoms with Crippen LogP contribution < -0.4 is 5.73 Å². The predicted octanol–water partition coefficient (Wildman–Crippen LogP) is 1.73.